The number of fused-ring (bicyclic) bond motifs is 1. The number of carbonyl (C=O) groups is 1. The van der Waals surface area contributed by atoms with Gasteiger partial charge in [-0.2, -0.15) is 5.26 Å². The minimum Gasteiger partial charge on any atom is -0.481 e. The van der Waals surface area contributed by atoms with E-state index in [9.17, 15) is 13.2 Å². The van der Waals surface area contributed by atoms with Gasteiger partial charge in [-0.3, -0.25) is 9.10 Å². The Morgan fingerprint density at radius 1 is 1.25 bits per heavy atom. The van der Waals surface area contributed by atoms with Crippen molar-refractivity contribution in [3.05, 3.63) is 59.7 Å². The SMILES string of the molecule is N#Cc1cccc(S(=O)(=O)N2CC(CC(=O)O)c3ccccc32)c1. The van der Waals surface area contributed by atoms with Gasteiger partial charge in [-0.25, -0.2) is 8.42 Å². The molecule has 1 unspecified atom stereocenters. The number of aliphatic carboxylic acids is 1. The van der Waals surface area contributed by atoms with Gasteiger partial charge < -0.3 is 5.11 Å². The Balaban J connectivity index is 2.06. The largest absolute Gasteiger partial charge is 0.481 e. The van der Waals surface area contributed by atoms with Crippen LogP contribution in [0.15, 0.2) is 53.4 Å². The van der Waals surface area contributed by atoms with Crippen LogP contribution in [0.5, 0.6) is 0 Å². The number of hydrogen-bond donors (Lipinski definition) is 1. The predicted molar refractivity (Wildman–Crippen MR) is 87.1 cm³/mol. The lowest BCUT2D eigenvalue weighted by molar-refractivity contribution is -0.137. The molecule has 1 atom stereocenters. The van der Waals surface area contributed by atoms with Gasteiger partial charge in [-0.05, 0) is 29.8 Å². The molecule has 2 aromatic carbocycles. The fourth-order valence-corrected chi connectivity index (χ4v) is 4.51. The van der Waals surface area contributed by atoms with Gasteiger partial charge in [0.1, 0.15) is 0 Å². The predicted octanol–water partition coefficient (Wildman–Crippen LogP) is 2.33. The molecule has 122 valence electrons. The second-order valence-electron chi connectivity index (χ2n) is 5.53. The van der Waals surface area contributed by atoms with E-state index in [1.165, 1.54) is 28.6 Å². The first-order chi connectivity index (χ1) is 11.4. The first-order valence-electron chi connectivity index (χ1n) is 7.27. The standard InChI is InChI=1S/C17H14N2O4S/c18-10-12-4-3-5-14(8-12)24(22,23)19-11-13(9-17(20)21)15-6-1-2-7-16(15)19/h1-8,13H,9,11H2,(H,20,21). The Morgan fingerprint density at radius 3 is 2.71 bits per heavy atom. The third-order valence-corrected chi connectivity index (χ3v) is 5.78. The van der Waals surface area contributed by atoms with E-state index >= 15 is 0 Å². The zero-order valence-corrected chi connectivity index (χ0v) is 13.4. The molecule has 6 nitrogen and oxygen atoms in total. The van der Waals surface area contributed by atoms with Crippen LogP contribution in [0.25, 0.3) is 0 Å². The molecule has 0 aliphatic carbocycles. The van der Waals surface area contributed by atoms with Crippen molar-refractivity contribution in [2.45, 2.75) is 17.2 Å². The topological polar surface area (TPSA) is 98.5 Å². The molecule has 3 rings (SSSR count). The number of nitrogens with zero attached hydrogens (tertiary/aromatic N) is 2. The van der Waals surface area contributed by atoms with E-state index in [1.807, 2.05) is 6.07 Å². The van der Waals surface area contributed by atoms with Crippen molar-refractivity contribution < 1.29 is 18.3 Å². The van der Waals surface area contributed by atoms with Crippen molar-refractivity contribution in [1.29, 1.82) is 5.26 Å². The highest BCUT2D eigenvalue weighted by atomic mass is 32.2. The van der Waals surface area contributed by atoms with E-state index in [4.69, 9.17) is 10.4 Å². The van der Waals surface area contributed by atoms with E-state index in [0.717, 1.165) is 0 Å². The fraction of sp³-hybridized carbons (Fsp3) is 0.176. The van der Waals surface area contributed by atoms with Crippen molar-refractivity contribution in [2.75, 3.05) is 10.8 Å². The highest BCUT2D eigenvalue weighted by Gasteiger charge is 2.37. The summed E-state index contributed by atoms with van der Waals surface area (Å²) in [6.45, 7) is 0.0742. The van der Waals surface area contributed by atoms with E-state index in [1.54, 1.807) is 24.3 Å². The smallest absolute Gasteiger partial charge is 0.304 e. The molecule has 1 aliphatic heterocycles. The molecule has 2 aromatic rings. The zero-order valence-electron chi connectivity index (χ0n) is 12.6. The molecular formula is C17H14N2O4S. The lowest BCUT2D eigenvalue weighted by Gasteiger charge is -2.20. The van der Waals surface area contributed by atoms with Crippen LogP contribution in [0.3, 0.4) is 0 Å². The number of anilines is 1. The van der Waals surface area contributed by atoms with Crippen LogP contribution >= 0.6 is 0 Å². The molecule has 0 spiro atoms. The maximum absolute atomic E-state index is 13.0. The number of para-hydroxylation sites is 1. The molecule has 0 fully saturated rings. The Labute approximate surface area is 139 Å². The first-order valence-corrected chi connectivity index (χ1v) is 8.71. The third kappa shape index (κ3) is 2.72. The zero-order chi connectivity index (χ0) is 17.3. The van der Waals surface area contributed by atoms with Gasteiger partial charge in [-0.15, -0.1) is 0 Å². The summed E-state index contributed by atoms with van der Waals surface area (Å²) in [5.41, 5.74) is 1.46. The van der Waals surface area contributed by atoms with Gasteiger partial charge in [0.2, 0.25) is 0 Å². The molecule has 1 heterocycles. The summed E-state index contributed by atoms with van der Waals surface area (Å²) < 4.78 is 27.2. The Kier molecular flexibility index (Phi) is 3.99. The molecule has 0 saturated heterocycles. The van der Waals surface area contributed by atoms with Gasteiger partial charge in [0.05, 0.1) is 28.6 Å². The average Bonchev–Trinajstić information content (AvgIpc) is 2.94. The summed E-state index contributed by atoms with van der Waals surface area (Å²) in [5.74, 6) is -1.37. The van der Waals surface area contributed by atoms with Crippen LogP contribution < -0.4 is 4.31 Å². The number of sulfonamides is 1. The maximum atomic E-state index is 13.0. The lowest BCUT2D eigenvalue weighted by Crippen LogP contribution is -2.30. The first kappa shape index (κ1) is 16.0. The Hall–Kier alpha value is -2.85. The van der Waals surface area contributed by atoms with E-state index in [2.05, 4.69) is 0 Å². The van der Waals surface area contributed by atoms with Crippen molar-refractivity contribution in [1.82, 2.24) is 0 Å². The molecule has 7 heteroatoms. The highest BCUT2D eigenvalue weighted by Crippen LogP contribution is 2.40. The molecule has 0 saturated carbocycles. The van der Waals surface area contributed by atoms with Gasteiger partial charge in [0.15, 0.2) is 0 Å². The highest BCUT2D eigenvalue weighted by molar-refractivity contribution is 7.92. The second kappa shape index (κ2) is 5.98. The van der Waals surface area contributed by atoms with E-state index in [0.29, 0.717) is 11.3 Å². The maximum Gasteiger partial charge on any atom is 0.304 e. The molecule has 0 radical (unpaired) electrons. The summed E-state index contributed by atoms with van der Waals surface area (Å²) in [4.78, 5) is 11.1. The van der Waals surface area contributed by atoms with Crippen molar-refractivity contribution in [2.24, 2.45) is 0 Å². The van der Waals surface area contributed by atoms with Gasteiger partial charge in [-0.1, -0.05) is 24.3 Å². The summed E-state index contributed by atoms with van der Waals surface area (Å²) in [6, 6.07) is 14.6. The van der Waals surface area contributed by atoms with Gasteiger partial charge in [0, 0.05) is 12.5 Å². The fourth-order valence-electron chi connectivity index (χ4n) is 2.92. The summed E-state index contributed by atoms with van der Waals surface area (Å²) in [5, 5.41) is 18.0. The quantitative estimate of drug-likeness (QED) is 0.919. The normalized spacial score (nSPS) is 16.5. The third-order valence-electron chi connectivity index (χ3n) is 4.00. The van der Waals surface area contributed by atoms with Crippen LogP contribution in [0.2, 0.25) is 0 Å². The van der Waals surface area contributed by atoms with Crippen molar-refractivity contribution >= 4 is 21.7 Å². The molecule has 1 N–H and O–H groups in total. The van der Waals surface area contributed by atoms with Crippen LogP contribution in [-0.2, 0) is 14.8 Å². The molecule has 1 aliphatic rings. The molecule has 24 heavy (non-hydrogen) atoms. The number of carboxylic acids is 1. The number of benzene rings is 2. The summed E-state index contributed by atoms with van der Waals surface area (Å²) >= 11 is 0. The van der Waals surface area contributed by atoms with Crippen molar-refractivity contribution in [3.8, 4) is 6.07 Å². The summed E-state index contributed by atoms with van der Waals surface area (Å²) in [6.07, 6.45) is -0.138. The molecular weight excluding hydrogens is 328 g/mol. The number of carboxylic acid groups (broad SMARTS) is 1. The van der Waals surface area contributed by atoms with Gasteiger partial charge in [0.25, 0.3) is 10.0 Å². The summed E-state index contributed by atoms with van der Waals surface area (Å²) in [7, 11) is -3.86. The molecule has 0 amide bonds. The molecule has 0 bridgehead atoms. The van der Waals surface area contributed by atoms with E-state index < -0.39 is 21.9 Å². The second-order valence-corrected chi connectivity index (χ2v) is 7.39. The number of hydrogen-bond acceptors (Lipinski definition) is 4. The molecule has 0 aromatic heterocycles. The Bertz CT molecular complexity index is 947. The average molecular weight is 342 g/mol. The minimum absolute atomic E-state index is 0.0207. The van der Waals surface area contributed by atoms with Crippen molar-refractivity contribution in [3.63, 3.8) is 0 Å². The van der Waals surface area contributed by atoms with Gasteiger partial charge >= 0.3 is 5.97 Å². The van der Waals surface area contributed by atoms with Crippen LogP contribution in [0, 0.1) is 11.3 Å². The van der Waals surface area contributed by atoms with Crippen LogP contribution in [0.4, 0.5) is 5.69 Å². The Morgan fingerprint density at radius 2 is 2.00 bits per heavy atom. The van der Waals surface area contributed by atoms with Crippen LogP contribution in [-0.4, -0.2) is 26.0 Å². The minimum atomic E-state index is -3.86. The lowest BCUT2D eigenvalue weighted by atomic mass is 9.98. The van der Waals surface area contributed by atoms with Crippen LogP contribution in [0.1, 0.15) is 23.5 Å². The van der Waals surface area contributed by atoms with E-state index in [-0.39, 0.29) is 23.4 Å². The monoisotopic (exact) mass is 342 g/mol. The number of rotatable bonds is 4. The number of nitriles is 1.